The van der Waals surface area contributed by atoms with Crippen LogP contribution in [0.3, 0.4) is 0 Å². The zero-order valence-electron chi connectivity index (χ0n) is 18.4. The molecule has 0 fully saturated rings. The van der Waals surface area contributed by atoms with Crippen molar-refractivity contribution in [3.63, 3.8) is 0 Å². The Kier molecular flexibility index (Phi) is 6.83. The smallest absolute Gasteiger partial charge is 0.231 e. The summed E-state index contributed by atoms with van der Waals surface area (Å²) in [5, 5.41) is 3.08. The second kappa shape index (κ2) is 9.53. The molecule has 0 radical (unpaired) electrons. The van der Waals surface area contributed by atoms with E-state index in [4.69, 9.17) is 0 Å². The number of carbonyl (C=O) groups is 1. The molecule has 0 saturated carbocycles. The van der Waals surface area contributed by atoms with E-state index in [0.717, 1.165) is 40.3 Å². The molecule has 0 spiro atoms. The van der Waals surface area contributed by atoms with Gasteiger partial charge in [-0.3, -0.25) is 9.78 Å². The van der Waals surface area contributed by atoms with E-state index in [1.165, 1.54) is 0 Å². The molecule has 0 saturated heterocycles. The Morgan fingerprint density at radius 1 is 1.00 bits per heavy atom. The van der Waals surface area contributed by atoms with Gasteiger partial charge in [-0.15, -0.1) is 0 Å². The van der Waals surface area contributed by atoms with Crippen LogP contribution in [-0.2, 0) is 4.79 Å². The predicted octanol–water partition coefficient (Wildman–Crippen LogP) is 5.29. The average molecular weight is 403 g/mol. The Morgan fingerprint density at radius 2 is 1.73 bits per heavy atom. The maximum atomic E-state index is 13.1. The Labute approximate surface area is 179 Å². The lowest BCUT2D eigenvalue weighted by molar-refractivity contribution is -0.118. The summed E-state index contributed by atoms with van der Waals surface area (Å²) in [5.41, 5.74) is 4.93. The Morgan fingerprint density at radius 3 is 2.30 bits per heavy atom. The van der Waals surface area contributed by atoms with Crippen molar-refractivity contribution in [1.29, 1.82) is 0 Å². The maximum absolute atomic E-state index is 13.1. The van der Waals surface area contributed by atoms with E-state index in [9.17, 15) is 4.79 Å². The number of rotatable bonds is 7. The fourth-order valence-electron chi connectivity index (χ4n) is 3.43. The number of hydrogen-bond donors (Lipinski definition) is 1. The number of hydrogen-bond acceptors (Lipinski definition) is 4. The number of benzene rings is 1. The van der Waals surface area contributed by atoms with E-state index in [2.05, 4.69) is 35.2 Å². The molecule has 1 N–H and O–H groups in total. The molecular weight excluding hydrogens is 372 g/mol. The molecule has 156 valence electrons. The molecule has 3 rings (SSSR count). The number of aryl methyl sites for hydroxylation is 1. The molecule has 0 bridgehead atoms. The second-order valence-corrected chi connectivity index (χ2v) is 8.28. The van der Waals surface area contributed by atoms with Crippen LogP contribution in [0.4, 0.5) is 11.5 Å². The fraction of sp³-hybridized carbons (Fsp3) is 0.320. The molecule has 0 aliphatic heterocycles. The van der Waals surface area contributed by atoms with Crippen molar-refractivity contribution >= 4 is 17.4 Å². The molecule has 1 atom stereocenters. The van der Waals surface area contributed by atoms with E-state index in [1.807, 2.05) is 80.8 Å². The number of nitrogens with one attached hydrogen (secondary N) is 1. The Bertz CT molecular complexity index is 979. The van der Waals surface area contributed by atoms with Crippen LogP contribution in [0.5, 0.6) is 0 Å². The summed E-state index contributed by atoms with van der Waals surface area (Å²) in [6.45, 7) is 6.24. The number of aromatic nitrogens is 2. The first kappa shape index (κ1) is 21.5. The van der Waals surface area contributed by atoms with Crippen LogP contribution in [-0.4, -0.2) is 30.0 Å². The fourth-order valence-corrected chi connectivity index (χ4v) is 3.43. The van der Waals surface area contributed by atoms with Gasteiger partial charge in [0, 0.05) is 37.9 Å². The van der Waals surface area contributed by atoms with Crippen molar-refractivity contribution in [2.24, 2.45) is 5.92 Å². The SMILES string of the molecule is Cc1cc(-c2ccc(NC(=O)C(CC(C)C)c3ccc(N(C)C)nc3)cc2)ccn1. The van der Waals surface area contributed by atoms with E-state index in [0.29, 0.717) is 5.92 Å². The third kappa shape index (κ3) is 5.44. The number of amides is 1. The van der Waals surface area contributed by atoms with E-state index >= 15 is 0 Å². The summed E-state index contributed by atoms with van der Waals surface area (Å²) in [5.74, 6) is 1.03. The molecule has 2 heterocycles. The molecule has 5 nitrogen and oxygen atoms in total. The second-order valence-electron chi connectivity index (χ2n) is 8.28. The summed E-state index contributed by atoms with van der Waals surface area (Å²) in [7, 11) is 3.91. The quantitative estimate of drug-likeness (QED) is 0.584. The monoisotopic (exact) mass is 402 g/mol. The maximum Gasteiger partial charge on any atom is 0.231 e. The lowest BCUT2D eigenvalue weighted by Gasteiger charge is -2.20. The van der Waals surface area contributed by atoms with Gasteiger partial charge in [-0.25, -0.2) is 4.98 Å². The largest absolute Gasteiger partial charge is 0.363 e. The molecule has 0 aliphatic carbocycles. The van der Waals surface area contributed by atoms with E-state index in [1.54, 1.807) is 0 Å². The standard InChI is InChI=1S/C25H30N4O/c1-17(2)14-23(21-8-11-24(27-16-21)29(4)5)25(30)28-22-9-6-19(7-10-22)20-12-13-26-18(3)15-20/h6-13,15-17,23H,14H2,1-5H3,(H,28,30). The molecular formula is C25H30N4O. The van der Waals surface area contributed by atoms with Crippen molar-refractivity contribution in [2.45, 2.75) is 33.1 Å². The highest BCUT2D eigenvalue weighted by Crippen LogP contribution is 2.27. The van der Waals surface area contributed by atoms with Crippen LogP contribution in [0.15, 0.2) is 60.9 Å². The molecule has 2 aromatic heterocycles. The zero-order valence-corrected chi connectivity index (χ0v) is 18.4. The summed E-state index contributed by atoms with van der Waals surface area (Å²) in [4.78, 5) is 23.8. The topological polar surface area (TPSA) is 58.1 Å². The molecule has 30 heavy (non-hydrogen) atoms. The van der Waals surface area contributed by atoms with Gasteiger partial charge in [-0.05, 0) is 66.3 Å². The van der Waals surface area contributed by atoms with Gasteiger partial charge in [-0.1, -0.05) is 32.0 Å². The first-order valence-electron chi connectivity index (χ1n) is 10.3. The minimum absolute atomic E-state index is 0.00407. The Hall–Kier alpha value is -3.21. The van der Waals surface area contributed by atoms with Gasteiger partial charge in [0.25, 0.3) is 0 Å². The van der Waals surface area contributed by atoms with Gasteiger partial charge in [0.15, 0.2) is 0 Å². The van der Waals surface area contributed by atoms with Gasteiger partial charge >= 0.3 is 0 Å². The van der Waals surface area contributed by atoms with Crippen LogP contribution in [0.25, 0.3) is 11.1 Å². The van der Waals surface area contributed by atoms with Crippen LogP contribution >= 0.6 is 0 Å². The molecule has 1 unspecified atom stereocenters. The number of nitrogens with zero attached hydrogens (tertiary/aromatic N) is 3. The Balaban J connectivity index is 1.76. The van der Waals surface area contributed by atoms with E-state index < -0.39 is 0 Å². The highest BCUT2D eigenvalue weighted by molar-refractivity contribution is 5.96. The summed E-state index contributed by atoms with van der Waals surface area (Å²) in [6.07, 6.45) is 4.40. The van der Waals surface area contributed by atoms with Crippen molar-refractivity contribution in [1.82, 2.24) is 9.97 Å². The van der Waals surface area contributed by atoms with Gasteiger partial charge in [0.2, 0.25) is 5.91 Å². The number of pyridine rings is 2. The number of carbonyl (C=O) groups excluding carboxylic acids is 1. The lowest BCUT2D eigenvalue weighted by Crippen LogP contribution is -2.23. The van der Waals surface area contributed by atoms with Crippen LogP contribution in [0.2, 0.25) is 0 Å². The minimum atomic E-state index is -0.240. The summed E-state index contributed by atoms with van der Waals surface area (Å²) >= 11 is 0. The summed E-state index contributed by atoms with van der Waals surface area (Å²) < 4.78 is 0. The first-order valence-corrected chi connectivity index (χ1v) is 10.3. The molecule has 1 aromatic carbocycles. The summed E-state index contributed by atoms with van der Waals surface area (Å²) in [6, 6.07) is 15.9. The third-order valence-electron chi connectivity index (χ3n) is 5.04. The van der Waals surface area contributed by atoms with E-state index in [-0.39, 0.29) is 11.8 Å². The lowest BCUT2D eigenvalue weighted by atomic mass is 9.90. The predicted molar refractivity (Wildman–Crippen MR) is 124 cm³/mol. The zero-order chi connectivity index (χ0) is 21.7. The van der Waals surface area contributed by atoms with Gasteiger partial charge in [-0.2, -0.15) is 0 Å². The number of anilines is 2. The van der Waals surface area contributed by atoms with Gasteiger partial charge in [0.1, 0.15) is 5.82 Å². The van der Waals surface area contributed by atoms with Crippen molar-refractivity contribution in [3.05, 3.63) is 72.2 Å². The van der Waals surface area contributed by atoms with Gasteiger partial charge < -0.3 is 10.2 Å². The molecule has 5 heteroatoms. The van der Waals surface area contributed by atoms with Crippen LogP contribution in [0.1, 0.15) is 37.4 Å². The van der Waals surface area contributed by atoms with Crippen molar-refractivity contribution < 1.29 is 4.79 Å². The van der Waals surface area contributed by atoms with Crippen molar-refractivity contribution in [3.8, 4) is 11.1 Å². The normalized spacial score (nSPS) is 11.9. The molecule has 0 aliphatic rings. The highest BCUT2D eigenvalue weighted by Gasteiger charge is 2.22. The average Bonchev–Trinajstić information content (AvgIpc) is 2.72. The molecule has 3 aromatic rings. The molecule has 1 amide bonds. The third-order valence-corrected chi connectivity index (χ3v) is 5.04. The van der Waals surface area contributed by atoms with Gasteiger partial charge in [0.05, 0.1) is 5.92 Å². The highest BCUT2D eigenvalue weighted by atomic mass is 16.1. The minimum Gasteiger partial charge on any atom is -0.363 e. The van der Waals surface area contributed by atoms with Crippen LogP contribution in [0, 0.1) is 12.8 Å². The van der Waals surface area contributed by atoms with Crippen LogP contribution < -0.4 is 10.2 Å². The first-order chi connectivity index (χ1) is 14.3. The van der Waals surface area contributed by atoms with Crippen molar-refractivity contribution in [2.75, 3.05) is 24.3 Å².